The standard InChI is InChI=1S/C16H21N3O2/c1-11(2)14(20)10-16(21)18-15-8-9-17-19(15)13-7-5-4-6-12(13)3/h4-9,11,14,20H,10H2,1-3H3,(H,18,21). The largest absolute Gasteiger partial charge is 0.392 e. The van der Waals surface area contributed by atoms with E-state index in [1.807, 2.05) is 45.0 Å². The Labute approximate surface area is 124 Å². The number of aliphatic hydroxyl groups is 1. The molecule has 0 bridgehead atoms. The summed E-state index contributed by atoms with van der Waals surface area (Å²) in [5.74, 6) is 0.439. The van der Waals surface area contributed by atoms with E-state index in [0.29, 0.717) is 5.82 Å². The topological polar surface area (TPSA) is 67.2 Å². The summed E-state index contributed by atoms with van der Waals surface area (Å²) in [4.78, 5) is 12.0. The lowest BCUT2D eigenvalue weighted by molar-refractivity contribution is -0.118. The van der Waals surface area contributed by atoms with Gasteiger partial charge in [-0.15, -0.1) is 0 Å². The maximum Gasteiger partial charge on any atom is 0.228 e. The Hall–Kier alpha value is -2.14. The third-order valence-corrected chi connectivity index (χ3v) is 3.42. The van der Waals surface area contributed by atoms with E-state index >= 15 is 0 Å². The van der Waals surface area contributed by atoms with Gasteiger partial charge in [0.2, 0.25) is 5.91 Å². The van der Waals surface area contributed by atoms with Crippen molar-refractivity contribution in [2.24, 2.45) is 5.92 Å². The minimum Gasteiger partial charge on any atom is -0.392 e. The Balaban J connectivity index is 2.15. The Kier molecular flexibility index (Phi) is 4.75. The molecule has 1 aromatic carbocycles. The van der Waals surface area contributed by atoms with E-state index in [-0.39, 0.29) is 18.2 Å². The molecule has 5 heteroatoms. The molecule has 0 aliphatic carbocycles. The first-order valence-electron chi connectivity index (χ1n) is 7.07. The molecule has 1 amide bonds. The first kappa shape index (κ1) is 15.3. The van der Waals surface area contributed by atoms with Gasteiger partial charge in [-0.2, -0.15) is 5.10 Å². The number of aryl methyl sites for hydroxylation is 1. The molecule has 0 aliphatic heterocycles. The molecular weight excluding hydrogens is 266 g/mol. The number of carbonyl (C=O) groups excluding carboxylic acids is 1. The number of carbonyl (C=O) groups is 1. The molecule has 0 saturated carbocycles. The smallest absolute Gasteiger partial charge is 0.228 e. The Morgan fingerprint density at radius 1 is 1.33 bits per heavy atom. The van der Waals surface area contributed by atoms with Gasteiger partial charge in [0.25, 0.3) is 0 Å². The average Bonchev–Trinajstić information content (AvgIpc) is 2.86. The lowest BCUT2D eigenvalue weighted by atomic mass is 10.0. The van der Waals surface area contributed by atoms with Gasteiger partial charge in [-0.25, -0.2) is 4.68 Å². The van der Waals surface area contributed by atoms with E-state index in [1.54, 1.807) is 16.9 Å². The van der Waals surface area contributed by atoms with E-state index in [4.69, 9.17) is 0 Å². The van der Waals surface area contributed by atoms with Crippen LogP contribution in [0.25, 0.3) is 5.69 Å². The molecule has 0 saturated heterocycles. The number of benzene rings is 1. The molecule has 0 aliphatic rings. The van der Waals surface area contributed by atoms with Crippen molar-refractivity contribution >= 4 is 11.7 Å². The number of para-hydroxylation sites is 1. The van der Waals surface area contributed by atoms with E-state index in [2.05, 4.69) is 10.4 Å². The molecule has 1 atom stereocenters. The fourth-order valence-corrected chi connectivity index (χ4v) is 2.01. The molecule has 1 aromatic heterocycles. The van der Waals surface area contributed by atoms with Gasteiger partial charge in [-0.3, -0.25) is 4.79 Å². The van der Waals surface area contributed by atoms with Crippen LogP contribution in [-0.2, 0) is 4.79 Å². The number of aliphatic hydroxyl groups excluding tert-OH is 1. The van der Waals surface area contributed by atoms with Crippen LogP contribution in [0.4, 0.5) is 5.82 Å². The summed E-state index contributed by atoms with van der Waals surface area (Å²) in [6, 6.07) is 9.57. The molecule has 112 valence electrons. The van der Waals surface area contributed by atoms with Crippen molar-refractivity contribution in [1.82, 2.24) is 9.78 Å². The SMILES string of the molecule is Cc1ccccc1-n1nccc1NC(=O)CC(O)C(C)C. The molecule has 0 fully saturated rings. The molecule has 1 heterocycles. The molecule has 2 N–H and O–H groups in total. The maximum atomic E-state index is 12.0. The van der Waals surface area contributed by atoms with E-state index in [9.17, 15) is 9.90 Å². The summed E-state index contributed by atoms with van der Waals surface area (Å²) < 4.78 is 1.69. The summed E-state index contributed by atoms with van der Waals surface area (Å²) >= 11 is 0. The normalized spacial score (nSPS) is 12.4. The molecule has 2 aromatic rings. The minimum atomic E-state index is -0.639. The Morgan fingerprint density at radius 2 is 2.05 bits per heavy atom. The van der Waals surface area contributed by atoms with E-state index < -0.39 is 6.10 Å². The van der Waals surface area contributed by atoms with Crippen LogP contribution in [0.15, 0.2) is 36.5 Å². The highest BCUT2D eigenvalue weighted by Crippen LogP contribution is 2.18. The zero-order valence-electron chi connectivity index (χ0n) is 12.6. The van der Waals surface area contributed by atoms with Gasteiger partial charge in [0.05, 0.1) is 24.4 Å². The van der Waals surface area contributed by atoms with Gasteiger partial charge in [0.1, 0.15) is 5.82 Å². The van der Waals surface area contributed by atoms with Crippen LogP contribution in [-0.4, -0.2) is 26.9 Å². The molecule has 1 unspecified atom stereocenters. The van der Waals surface area contributed by atoms with E-state index in [0.717, 1.165) is 11.3 Å². The number of rotatable bonds is 5. The molecule has 21 heavy (non-hydrogen) atoms. The van der Waals surface area contributed by atoms with Gasteiger partial charge >= 0.3 is 0 Å². The lowest BCUT2D eigenvalue weighted by Crippen LogP contribution is -2.24. The van der Waals surface area contributed by atoms with Crippen molar-refractivity contribution in [2.45, 2.75) is 33.3 Å². The van der Waals surface area contributed by atoms with Crippen LogP contribution < -0.4 is 5.32 Å². The molecule has 2 rings (SSSR count). The highest BCUT2D eigenvalue weighted by molar-refractivity contribution is 5.90. The quantitative estimate of drug-likeness (QED) is 0.888. The second-order valence-electron chi connectivity index (χ2n) is 5.48. The second-order valence-corrected chi connectivity index (χ2v) is 5.48. The van der Waals surface area contributed by atoms with E-state index in [1.165, 1.54) is 0 Å². The van der Waals surface area contributed by atoms with Crippen LogP contribution in [0.3, 0.4) is 0 Å². The number of amides is 1. The van der Waals surface area contributed by atoms with Gasteiger partial charge < -0.3 is 10.4 Å². The summed E-state index contributed by atoms with van der Waals surface area (Å²) in [6.07, 6.45) is 1.08. The lowest BCUT2D eigenvalue weighted by Gasteiger charge is -2.15. The predicted octanol–water partition coefficient (Wildman–Crippen LogP) is 2.53. The van der Waals surface area contributed by atoms with Gasteiger partial charge in [-0.05, 0) is 24.5 Å². The summed E-state index contributed by atoms with van der Waals surface area (Å²) in [5, 5.41) is 16.8. The van der Waals surface area contributed by atoms with Crippen LogP contribution in [0.2, 0.25) is 0 Å². The number of nitrogens with zero attached hydrogens (tertiary/aromatic N) is 2. The zero-order valence-corrected chi connectivity index (χ0v) is 12.6. The maximum absolute atomic E-state index is 12.0. The minimum absolute atomic E-state index is 0.0528. The van der Waals surface area contributed by atoms with Gasteiger partial charge in [0, 0.05) is 6.07 Å². The number of nitrogens with one attached hydrogen (secondary N) is 1. The van der Waals surface area contributed by atoms with Crippen molar-refractivity contribution in [3.05, 3.63) is 42.1 Å². The fourth-order valence-electron chi connectivity index (χ4n) is 2.01. The highest BCUT2D eigenvalue weighted by Gasteiger charge is 2.16. The van der Waals surface area contributed by atoms with Crippen molar-refractivity contribution in [3.63, 3.8) is 0 Å². The molecule has 0 spiro atoms. The van der Waals surface area contributed by atoms with Crippen molar-refractivity contribution < 1.29 is 9.90 Å². The van der Waals surface area contributed by atoms with Crippen LogP contribution in [0.1, 0.15) is 25.8 Å². The van der Waals surface area contributed by atoms with Gasteiger partial charge in [-0.1, -0.05) is 32.0 Å². The summed E-state index contributed by atoms with van der Waals surface area (Å²) in [5.41, 5.74) is 1.99. The van der Waals surface area contributed by atoms with Crippen LogP contribution >= 0.6 is 0 Å². The van der Waals surface area contributed by atoms with Crippen molar-refractivity contribution in [2.75, 3.05) is 5.32 Å². The Morgan fingerprint density at radius 3 is 2.71 bits per heavy atom. The van der Waals surface area contributed by atoms with Crippen molar-refractivity contribution in [1.29, 1.82) is 0 Å². The van der Waals surface area contributed by atoms with Crippen LogP contribution in [0, 0.1) is 12.8 Å². The second kappa shape index (κ2) is 6.54. The van der Waals surface area contributed by atoms with Crippen molar-refractivity contribution in [3.8, 4) is 5.69 Å². The Bertz CT molecular complexity index is 619. The molecular formula is C16H21N3O2. The first-order valence-corrected chi connectivity index (χ1v) is 7.07. The number of aromatic nitrogens is 2. The molecule has 5 nitrogen and oxygen atoms in total. The third-order valence-electron chi connectivity index (χ3n) is 3.42. The number of hydrogen-bond donors (Lipinski definition) is 2. The first-order chi connectivity index (χ1) is 9.99. The highest BCUT2D eigenvalue weighted by atomic mass is 16.3. The third kappa shape index (κ3) is 3.70. The zero-order chi connectivity index (χ0) is 15.4. The number of anilines is 1. The van der Waals surface area contributed by atoms with Gasteiger partial charge in [0.15, 0.2) is 0 Å². The molecule has 0 radical (unpaired) electrons. The van der Waals surface area contributed by atoms with Crippen LogP contribution in [0.5, 0.6) is 0 Å². The predicted molar refractivity (Wildman–Crippen MR) is 82.4 cm³/mol. The monoisotopic (exact) mass is 287 g/mol. The fraction of sp³-hybridized carbons (Fsp3) is 0.375. The summed E-state index contributed by atoms with van der Waals surface area (Å²) in [7, 11) is 0. The number of hydrogen-bond acceptors (Lipinski definition) is 3. The summed E-state index contributed by atoms with van der Waals surface area (Å²) in [6.45, 7) is 5.76. The average molecular weight is 287 g/mol.